The average Bonchev–Trinajstić information content (AvgIpc) is 2.92. The van der Waals surface area contributed by atoms with E-state index in [0.717, 1.165) is 5.69 Å². The average molecular weight is 275 g/mol. The number of aromatic hydroxyl groups is 1. The molecule has 0 spiro atoms. The lowest BCUT2D eigenvalue weighted by atomic mass is 10.2. The zero-order valence-electron chi connectivity index (χ0n) is 11.2. The molecule has 0 aliphatic carbocycles. The Morgan fingerprint density at radius 3 is 2.90 bits per heavy atom. The number of hydrogen-bond donors (Lipinski definition) is 3. The second-order valence-electron chi connectivity index (χ2n) is 4.26. The fraction of sp³-hybridized carbons (Fsp3) is 0.214. The van der Waals surface area contributed by atoms with Gasteiger partial charge in [0, 0.05) is 18.3 Å². The van der Waals surface area contributed by atoms with Crippen LogP contribution in [0.15, 0.2) is 41.0 Å². The maximum Gasteiger partial charge on any atom is 0.268 e. The number of nitrogens with zero attached hydrogens (tertiary/aromatic N) is 1. The number of benzene rings is 1. The van der Waals surface area contributed by atoms with E-state index in [1.165, 1.54) is 6.26 Å². The lowest BCUT2D eigenvalue weighted by molar-refractivity contribution is 0.0951. The van der Waals surface area contributed by atoms with E-state index in [-0.39, 0.29) is 11.7 Å². The molecule has 0 radical (unpaired) electrons. The van der Waals surface area contributed by atoms with Gasteiger partial charge in [0.05, 0.1) is 18.4 Å². The number of nitrogens with two attached hydrogens (primary N) is 1. The van der Waals surface area contributed by atoms with Crippen molar-refractivity contribution in [1.82, 2.24) is 5.43 Å². The van der Waals surface area contributed by atoms with E-state index in [1.54, 1.807) is 24.3 Å². The van der Waals surface area contributed by atoms with Crippen molar-refractivity contribution >= 4 is 11.6 Å². The van der Waals surface area contributed by atoms with Crippen LogP contribution in [-0.2, 0) is 6.54 Å². The highest BCUT2D eigenvalue weighted by atomic mass is 16.3. The number of hydrazine groups is 1. The number of carbonyl (C=O) groups excluding carboxylic acids is 1. The number of rotatable bonds is 5. The molecule has 0 atom stereocenters. The van der Waals surface area contributed by atoms with Crippen LogP contribution in [0.2, 0.25) is 0 Å². The number of furan rings is 1. The quantitative estimate of drug-likeness (QED) is 0.438. The molecule has 0 saturated carbocycles. The van der Waals surface area contributed by atoms with Crippen molar-refractivity contribution in [3.8, 4) is 5.75 Å². The van der Waals surface area contributed by atoms with Gasteiger partial charge >= 0.3 is 0 Å². The van der Waals surface area contributed by atoms with E-state index < -0.39 is 0 Å². The molecule has 1 aromatic carbocycles. The number of carbonyl (C=O) groups is 1. The Hall–Kier alpha value is -2.47. The summed E-state index contributed by atoms with van der Waals surface area (Å²) in [6.07, 6.45) is 1.45. The minimum absolute atomic E-state index is 0.195. The lowest BCUT2D eigenvalue weighted by Crippen LogP contribution is -2.31. The summed E-state index contributed by atoms with van der Waals surface area (Å²) in [5.74, 6) is 5.47. The van der Waals surface area contributed by atoms with Gasteiger partial charge in [0.15, 0.2) is 0 Å². The van der Waals surface area contributed by atoms with E-state index in [2.05, 4.69) is 5.43 Å². The SMILES string of the molecule is CCN(Cc1occc1C(=O)NN)c1cccc(O)c1. The number of amides is 1. The molecule has 0 unspecified atom stereocenters. The van der Waals surface area contributed by atoms with Crippen LogP contribution < -0.4 is 16.2 Å². The summed E-state index contributed by atoms with van der Waals surface area (Å²) in [4.78, 5) is 13.6. The summed E-state index contributed by atoms with van der Waals surface area (Å²) in [6, 6.07) is 8.50. The van der Waals surface area contributed by atoms with Gasteiger partial charge in [-0.2, -0.15) is 0 Å². The van der Waals surface area contributed by atoms with E-state index in [0.29, 0.717) is 24.4 Å². The molecule has 1 aromatic heterocycles. The molecule has 6 heteroatoms. The van der Waals surface area contributed by atoms with Crippen LogP contribution in [0.5, 0.6) is 5.75 Å². The molecule has 0 bridgehead atoms. The van der Waals surface area contributed by atoms with Crippen molar-refractivity contribution in [2.45, 2.75) is 13.5 Å². The molecule has 2 aromatic rings. The summed E-state index contributed by atoms with van der Waals surface area (Å²) in [7, 11) is 0. The molecule has 106 valence electrons. The van der Waals surface area contributed by atoms with Crippen molar-refractivity contribution in [3.05, 3.63) is 47.9 Å². The molecule has 1 amide bonds. The third-order valence-electron chi connectivity index (χ3n) is 3.03. The molecule has 4 N–H and O–H groups in total. The van der Waals surface area contributed by atoms with Crippen LogP contribution in [0, 0.1) is 0 Å². The van der Waals surface area contributed by atoms with Crippen LogP contribution in [0.25, 0.3) is 0 Å². The van der Waals surface area contributed by atoms with Gasteiger partial charge in [0.2, 0.25) is 0 Å². The monoisotopic (exact) mass is 275 g/mol. The lowest BCUT2D eigenvalue weighted by Gasteiger charge is -2.22. The molecular formula is C14H17N3O3. The molecular weight excluding hydrogens is 258 g/mol. The van der Waals surface area contributed by atoms with Crippen molar-refractivity contribution in [3.63, 3.8) is 0 Å². The Morgan fingerprint density at radius 2 is 2.25 bits per heavy atom. The molecule has 2 rings (SSSR count). The van der Waals surface area contributed by atoms with Crippen LogP contribution >= 0.6 is 0 Å². The first-order valence-corrected chi connectivity index (χ1v) is 6.27. The zero-order valence-corrected chi connectivity index (χ0v) is 11.2. The highest BCUT2D eigenvalue weighted by Gasteiger charge is 2.16. The Kier molecular flexibility index (Phi) is 4.27. The maximum atomic E-state index is 11.6. The van der Waals surface area contributed by atoms with Gasteiger partial charge in [-0.25, -0.2) is 5.84 Å². The summed E-state index contributed by atoms with van der Waals surface area (Å²) >= 11 is 0. The van der Waals surface area contributed by atoms with Gasteiger partial charge < -0.3 is 14.4 Å². The van der Waals surface area contributed by atoms with Crippen LogP contribution in [0.4, 0.5) is 5.69 Å². The maximum absolute atomic E-state index is 11.6. The van der Waals surface area contributed by atoms with E-state index >= 15 is 0 Å². The smallest absolute Gasteiger partial charge is 0.268 e. The number of anilines is 1. The zero-order chi connectivity index (χ0) is 14.5. The minimum atomic E-state index is -0.388. The van der Waals surface area contributed by atoms with Gasteiger partial charge in [-0.3, -0.25) is 10.2 Å². The first-order valence-electron chi connectivity index (χ1n) is 6.27. The predicted molar refractivity (Wildman–Crippen MR) is 75.2 cm³/mol. The molecule has 0 aliphatic rings. The summed E-state index contributed by atoms with van der Waals surface area (Å²) < 4.78 is 5.35. The van der Waals surface area contributed by atoms with Gasteiger partial charge in [0.25, 0.3) is 5.91 Å². The molecule has 0 fully saturated rings. The molecule has 20 heavy (non-hydrogen) atoms. The van der Waals surface area contributed by atoms with Crippen molar-refractivity contribution in [2.75, 3.05) is 11.4 Å². The number of phenolic OH excluding ortho intramolecular Hbond substituents is 1. The van der Waals surface area contributed by atoms with E-state index in [4.69, 9.17) is 10.3 Å². The summed E-state index contributed by atoms with van der Waals surface area (Å²) in [6.45, 7) is 3.10. The van der Waals surface area contributed by atoms with Gasteiger partial charge in [-0.1, -0.05) is 6.07 Å². The second-order valence-corrected chi connectivity index (χ2v) is 4.26. The van der Waals surface area contributed by atoms with Crippen molar-refractivity contribution in [2.24, 2.45) is 5.84 Å². The number of nitrogens with one attached hydrogen (secondary N) is 1. The minimum Gasteiger partial charge on any atom is -0.508 e. The van der Waals surface area contributed by atoms with Crippen molar-refractivity contribution in [1.29, 1.82) is 0 Å². The first-order chi connectivity index (χ1) is 9.65. The highest BCUT2D eigenvalue weighted by Crippen LogP contribution is 2.23. The molecule has 1 heterocycles. The van der Waals surface area contributed by atoms with Crippen LogP contribution in [-0.4, -0.2) is 17.6 Å². The Balaban J connectivity index is 2.23. The Morgan fingerprint density at radius 1 is 1.45 bits per heavy atom. The van der Waals surface area contributed by atoms with Crippen LogP contribution in [0.1, 0.15) is 23.0 Å². The Bertz CT molecular complexity index is 595. The number of nitrogen functional groups attached to an aromatic ring is 1. The molecule has 0 saturated heterocycles. The normalized spacial score (nSPS) is 10.3. The van der Waals surface area contributed by atoms with Gasteiger partial charge in [0.1, 0.15) is 11.5 Å². The standard InChI is InChI=1S/C14H17N3O3/c1-2-17(10-4-3-5-11(18)8-10)9-13-12(6-7-20-13)14(19)16-15/h3-8,18H,2,9,15H2,1H3,(H,16,19). The second kappa shape index (κ2) is 6.12. The molecule has 0 aliphatic heterocycles. The topological polar surface area (TPSA) is 91.7 Å². The summed E-state index contributed by atoms with van der Waals surface area (Å²) in [5.41, 5.74) is 3.35. The fourth-order valence-electron chi connectivity index (χ4n) is 1.99. The molecule has 6 nitrogen and oxygen atoms in total. The van der Waals surface area contributed by atoms with E-state index in [1.807, 2.05) is 17.9 Å². The van der Waals surface area contributed by atoms with E-state index in [9.17, 15) is 9.90 Å². The van der Waals surface area contributed by atoms with Crippen LogP contribution in [0.3, 0.4) is 0 Å². The predicted octanol–water partition coefficient (Wildman–Crippen LogP) is 1.62. The third-order valence-corrected chi connectivity index (χ3v) is 3.03. The number of hydrogen-bond acceptors (Lipinski definition) is 5. The fourth-order valence-corrected chi connectivity index (χ4v) is 1.99. The highest BCUT2D eigenvalue weighted by molar-refractivity contribution is 5.94. The van der Waals surface area contributed by atoms with Crippen molar-refractivity contribution < 1.29 is 14.3 Å². The Labute approximate surface area is 116 Å². The third kappa shape index (κ3) is 2.92. The van der Waals surface area contributed by atoms with Gasteiger partial charge in [-0.15, -0.1) is 0 Å². The van der Waals surface area contributed by atoms with Gasteiger partial charge in [-0.05, 0) is 25.1 Å². The first kappa shape index (κ1) is 14.0. The summed E-state index contributed by atoms with van der Waals surface area (Å²) in [5, 5.41) is 9.53. The largest absolute Gasteiger partial charge is 0.508 e. The number of phenols is 1.